The molecule has 1 atom stereocenters. The third kappa shape index (κ3) is 5.45. The Morgan fingerprint density at radius 2 is 1.80 bits per heavy atom. The van der Waals surface area contributed by atoms with Gasteiger partial charge >= 0.3 is 0 Å². The third-order valence-electron chi connectivity index (χ3n) is 7.20. The van der Waals surface area contributed by atoms with Gasteiger partial charge in [-0.25, -0.2) is 0 Å². The molecule has 0 aliphatic heterocycles. The summed E-state index contributed by atoms with van der Waals surface area (Å²) in [4.78, 5) is 12.9. The molecule has 3 N–H and O–H groups in total. The molecule has 4 fully saturated rings. The molecule has 7 heteroatoms. The molecule has 1 amide bonds. The summed E-state index contributed by atoms with van der Waals surface area (Å²) in [6, 6.07) is 5.54. The Morgan fingerprint density at radius 1 is 1.13 bits per heavy atom. The summed E-state index contributed by atoms with van der Waals surface area (Å²) in [5.74, 6) is 3.25. The number of carbonyl (C=O) groups is 1. The van der Waals surface area contributed by atoms with Gasteiger partial charge in [-0.05, 0) is 79.9 Å². The molecule has 4 aliphatic rings. The molecule has 5 nitrogen and oxygen atoms in total. The lowest BCUT2D eigenvalue weighted by molar-refractivity contribution is -0.0503. The Labute approximate surface area is 188 Å². The number of rotatable bonds is 10. The van der Waals surface area contributed by atoms with Crippen LogP contribution in [0.15, 0.2) is 18.2 Å². The van der Waals surface area contributed by atoms with Gasteiger partial charge < -0.3 is 20.5 Å². The lowest BCUT2D eigenvalue weighted by Crippen LogP contribution is -2.51. The molecule has 30 heavy (non-hydrogen) atoms. The summed E-state index contributed by atoms with van der Waals surface area (Å²) < 4.78 is 11.1. The zero-order valence-corrected chi connectivity index (χ0v) is 19.4. The molecule has 0 saturated heterocycles. The van der Waals surface area contributed by atoms with E-state index < -0.39 is 11.2 Å². The molecular weight excluding hydrogens is 418 g/mol. The Morgan fingerprint density at radius 3 is 2.43 bits per heavy atom. The minimum atomic E-state index is -0.766. The van der Waals surface area contributed by atoms with Crippen LogP contribution in [0.3, 0.4) is 0 Å². The van der Waals surface area contributed by atoms with Crippen LogP contribution in [0.4, 0.5) is 5.69 Å². The van der Waals surface area contributed by atoms with Crippen LogP contribution in [-0.2, 0) is 11.2 Å². The average molecular weight is 452 g/mol. The van der Waals surface area contributed by atoms with Crippen LogP contribution in [0.5, 0.6) is 0 Å². The maximum atomic E-state index is 12.9. The summed E-state index contributed by atoms with van der Waals surface area (Å²) in [5.41, 5.74) is 1.75. The van der Waals surface area contributed by atoms with E-state index in [1.807, 2.05) is 12.1 Å². The highest BCUT2D eigenvalue weighted by Crippen LogP contribution is 2.59. The van der Waals surface area contributed by atoms with Gasteiger partial charge in [-0.3, -0.25) is 4.79 Å². The van der Waals surface area contributed by atoms with Crippen molar-refractivity contribution in [2.24, 2.45) is 23.2 Å². The summed E-state index contributed by atoms with van der Waals surface area (Å²) in [6.07, 6.45) is 9.81. The first-order valence-electron chi connectivity index (χ1n) is 11.2. The Kier molecular flexibility index (Phi) is 7.18. The first kappa shape index (κ1) is 22.3. The van der Waals surface area contributed by atoms with Crippen LogP contribution >= 0.6 is 11.6 Å². The molecule has 166 valence electrons. The van der Waals surface area contributed by atoms with Gasteiger partial charge in [0.25, 0.3) is 5.91 Å². The SMILES string of the molecule is C[S+]([O-])CCNCCNc1ccc(Cl)c(C(=O)NCC23CC4CC(CC(C4)C2)C3)c1. The minimum absolute atomic E-state index is 0.0667. The lowest BCUT2D eigenvalue weighted by Gasteiger charge is -2.56. The van der Waals surface area contributed by atoms with E-state index in [1.54, 1.807) is 12.3 Å². The van der Waals surface area contributed by atoms with E-state index >= 15 is 0 Å². The van der Waals surface area contributed by atoms with E-state index in [0.29, 0.717) is 21.8 Å². The number of amides is 1. The van der Waals surface area contributed by atoms with Crippen molar-refractivity contribution in [2.75, 3.05) is 43.5 Å². The monoisotopic (exact) mass is 451 g/mol. The molecule has 4 aliphatic carbocycles. The van der Waals surface area contributed by atoms with E-state index in [4.69, 9.17) is 11.6 Å². The van der Waals surface area contributed by atoms with Gasteiger partial charge in [0.15, 0.2) is 0 Å². The van der Waals surface area contributed by atoms with Gasteiger partial charge in [0.2, 0.25) is 0 Å². The highest BCUT2D eigenvalue weighted by Gasteiger charge is 2.50. The fraction of sp³-hybridized carbons (Fsp3) is 0.696. The van der Waals surface area contributed by atoms with Crippen LogP contribution in [0.25, 0.3) is 0 Å². The number of hydrogen-bond acceptors (Lipinski definition) is 4. The fourth-order valence-electron chi connectivity index (χ4n) is 6.31. The topological polar surface area (TPSA) is 76.2 Å². The van der Waals surface area contributed by atoms with Crippen molar-refractivity contribution in [1.82, 2.24) is 10.6 Å². The quantitative estimate of drug-likeness (QED) is 0.374. The van der Waals surface area contributed by atoms with Gasteiger partial charge in [0.1, 0.15) is 5.75 Å². The van der Waals surface area contributed by atoms with E-state index in [0.717, 1.165) is 49.6 Å². The van der Waals surface area contributed by atoms with Crippen LogP contribution in [0.2, 0.25) is 5.02 Å². The molecule has 1 aromatic carbocycles. The van der Waals surface area contributed by atoms with Crippen molar-refractivity contribution in [3.8, 4) is 0 Å². The molecule has 0 radical (unpaired) electrons. The van der Waals surface area contributed by atoms with Crippen molar-refractivity contribution in [2.45, 2.75) is 38.5 Å². The summed E-state index contributed by atoms with van der Waals surface area (Å²) in [6.45, 7) is 3.02. The van der Waals surface area contributed by atoms with E-state index in [2.05, 4.69) is 16.0 Å². The molecule has 1 aromatic rings. The molecule has 4 bridgehead atoms. The van der Waals surface area contributed by atoms with Crippen molar-refractivity contribution < 1.29 is 9.35 Å². The first-order valence-corrected chi connectivity index (χ1v) is 13.4. The lowest BCUT2D eigenvalue weighted by atomic mass is 9.49. The maximum absolute atomic E-state index is 12.9. The number of halogens is 1. The molecule has 1 unspecified atom stereocenters. The average Bonchev–Trinajstić information content (AvgIpc) is 2.69. The van der Waals surface area contributed by atoms with Crippen LogP contribution in [-0.4, -0.2) is 48.6 Å². The largest absolute Gasteiger partial charge is 0.617 e. The predicted octanol–water partition coefficient (Wildman–Crippen LogP) is 3.67. The van der Waals surface area contributed by atoms with Gasteiger partial charge in [-0.1, -0.05) is 22.8 Å². The zero-order chi connectivity index (χ0) is 21.1. The molecule has 0 spiro atoms. The van der Waals surface area contributed by atoms with Crippen molar-refractivity contribution in [3.63, 3.8) is 0 Å². The predicted molar refractivity (Wildman–Crippen MR) is 125 cm³/mol. The Hall–Kier alpha value is -0.950. The van der Waals surface area contributed by atoms with E-state index in [9.17, 15) is 9.35 Å². The number of anilines is 1. The van der Waals surface area contributed by atoms with Crippen LogP contribution in [0.1, 0.15) is 48.9 Å². The van der Waals surface area contributed by atoms with Gasteiger partial charge in [0.05, 0.1) is 16.8 Å². The number of nitrogens with one attached hydrogen (secondary N) is 3. The molecular formula is C23H34ClN3O2S. The third-order valence-corrected chi connectivity index (χ3v) is 8.31. The molecule has 4 saturated carbocycles. The summed E-state index contributed by atoms with van der Waals surface area (Å²) >= 11 is 5.58. The minimum Gasteiger partial charge on any atom is -0.617 e. The summed E-state index contributed by atoms with van der Waals surface area (Å²) in [7, 11) is 0. The standard InChI is InChI=1S/C23H34ClN3O2S/c1-30(29)7-6-25-4-5-26-19-2-3-21(24)20(11-19)22(28)27-15-23-12-16-8-17(13-23)10-18(9-16)14-23/h2-3,11,16-18,25-26H,4-10,12-15H2,1H3,(H,27,28). The smallest absolute Gasteiger partial charge is 0.252 e. The zero-order valence-electron chi connectivity index (χ0n) is 17.8. The molecule has 5 rings (SSSR count). The van der Waals surface area contributed by atoms with E-state index in [1.165, 1.54) is 38.5 Å². The van der Waals surface area contributed by atoms with E-state index in [-0.39, 0.29) is 5.91 Å². The van der Waals surface area contributed by atoms with Crippen molar-refractivity contribution in [1.29, 1.82) is 0 Å². The maximum Gasteiger partial charge on any atom is 0.252 e. The number of benzene rings is 1. The van der Waals surface area contributed by atoms with Crippen molar-refractivity contribution >= 4 is 34.4 Å². The van der Waals surface area contributed by atoms with Gasteiger partial charge in [0, 0.05) is 31.9 Å². The Balaban J connectivity index is 1.28. The Bertz CT molecular complexity index is 723. The van der Waals surface area contributed by atoms with Gasteiger partial charge in [-0.15, -0.1) is 0 Å². The molecule has 0 heterocycles. The molecule has 0 aromatic heterocycles. The second kappa shape index (κ2) is 9.68. The normalized spacial score (nSPS) is 30.3. The summed E-state index contributed by atoms with van der Waals surface area (Å²) in [5, 5.41) is 10.3. The first-order chi connectivity index (χ1) is 14.4. The van der Waals surface area contributed by atoms with Gasteiger partial charge in [-0.2, -0.15) is 0 Å². The second-order valence-electron chi connectivity index (χ2n) is 9.75. The van der Waals surface area contributed by atoms with Crippen LogP contribution in [0, 0.1) is 23.2 Å². The second-order valence-corrected chi connectivity index (χ2v) is 11.7. The van der Waals surface area contributed by atoms with Crippen LogP contribution < -0.4 is 16.0 Å². The number of carbonyl (C=O) groups excluding carboxylic acids is 1. The van der Waals surface area contributed by atoms with Crippen molar-refractivity contribution in [3.05, 3.63) is 28.8 Å². The highest BCUT2D eigenvalue weighted by molar-refractivity contribution is 7.90. The fourth-order valence-corrected chi connectivity index (χ4v) is 6.95. The number of hydrogen-bond donors (Lipinski definition) is 3. The highest BCUT2D eigenvalue weighted by atomic mass is 35.5.